The Balaban J connectivity index is 1.58. The lowest BCUT2D eigenvalue weighted by atomic mass is 9.96. The maximum atomic E-state index is 13.0. The van der Waals surface area contributed by atoms with Crippen molar-refractivity contribution >= 4 is 29.7 Å². The molecule has 4 rings (SSSR count). The largest absolute Gasteiger partial charge is 0.463 e. The summed E-state index contributed by atoms with van der Waals surface area (Å²) in [5.41, 5.74) is 1.00. The monoisotopic (exact) mass is 444 g/mol. The fourth-order valence-corrected chi connectivity index (χ4v) is 5.08. The topological polar surface area (TPSA) is 104 Å². The molecule has 0 spiro atoms. The number of carbonyl (C=O) groups excluding carboxylic acids is 3. The van der Waals surface area contributed by atoms with Crippen molar-refractivity contribution in [2.24, 2.45) is 5.92 Å². The zero-order valence-electron chi connectivity index (χ0n) is 17.4. The number of methoxy groups -OCH3 is 1. The average Bonchev–Trinajstić information content (AvgIpc) is 3.28. The van der Waals surface area contributed by atoms with Gasteiger partial charge in [0.05, 0.1) is 36.5 Å². The van der Waals surface area contributed by atoms with Crippen LogP contribution in [0.15, 0.2) is 46.9 Å². The first-order valence-corrected chi connectivity index (χ1v) is 10.9. The number of furan rings is 1. The molecule has 0 radical (unpaired) electrons. The van der Waals surface area contributed by atoms with E-state index in [0.717, 1.165) is 10.5 Å². The number of rotatable bonds is 5. The van der Waals surface area contributed by atoms with Crippen LogP contribution in [0.25, 0.3) is 0 Å². The van der Waals surface area contributed by atoms with E-state index in [-0.39, 0.29) is 29.2 Å². The van der Waals surface area contributed by atoms with Gasteiger partial charge in [0.15, 0.2) is 0 Å². The molecule has 31 heavy (non-hydrogen) atoms. The number of hydrogen-bond acceptors (Lipinski definition) is 8. The van der Waals surface area contributed by atoms with Gasteiger partial charge in [0.25, 0.3) is 0 Å². The van der Waals surface area contributed by atoms with Gasteiger partial charge in [0, 0.05) is 14.1 Å². The molecule has 2 N–H and O–H groups in total. The first kappa shape index (κ1) is 21.4. The number of amides is 3. The van der Waals surface area contributed by atoms with Crippen LogP contribution >= 0.6 is 11.8 Å². The predicted molar refractivity (Wildman–Crippen MR) is 114 cm³/mol. The third-order valence-electron chi connectivity index (χ3n) is 5.54. The highest BCUT2D eigenvalue weighted by molar-refractivity contribution is 7.99. The highest BCUT2D eigenvalue weighted by Gasteiger charge is 2.51. The molecule has 4 atom stereocenters. The van der Waals surface area contributed by atoms with Gasteiger partial charge >= 0.3 is 12.0 Å². The van der Waals surface area contributed by atoms with E-state index in [2.05, 4.69) is 15.4 Å². The molecule has 2 saturated heterocycles. The second kappa shape index (κ2) is 8.74. The molecule has 1 aromatic heterocycles. The molecule has 0 aliphatic carbocycles. The van der Waals surface area contributed by atoms with Gasteiger partial charge in [-0.3, -0.25) is 20.3 Å². The van der Waals surface area contributed by atoms with Crippen LogP contribution in [0.2, 0.25) is 0 Å². The summed E-state index contributed by atoms with van der Waals surface area (Å²) >= 11 is 1.49. The number of nitrogens with one attached hydrogen (secondary N) is 2. The summed E-state index contributed by atoms with van der Waals surface area (Å²) in [7, 11) is 4.49. The van der Waals surface area contributed by atoms with E-state index in [1.807, 2.05) is 30.3 Å². The Morgan fingerprint density at radius 3 is 2.58 bits per heavy atom. The Morgan fingerprint density at radius 2 is 1.87 bits per heavy atom. The molecule has 0 bridgehead atoms. The molecule has 1 aromatic carbocycles. The highest BCUT2D eigenvalue weighted by atomic mass is 32.2. The maximum absolute atomic E-state index is 13.0. The number of thioether (sulfide) groups is 1. The molecule has 0 saturated carbocycles. The number of nitrogens with zero attached hydrogens (tertiary/aromatic N) is 2. The number of esters is 1. The molecule has 2 aromatic rings. The van der Waals surface area contributed by atoms with Gasteiger partial charge in [0.2, 0.25) is 11.7 Å². The number of ether oxygens (including phenoxy) is 1. The summed E-state index contributed by atoms with van der Waals surface area (Å²) in [6, 6.07) is 12.7. The van der Waals surface area contributed by atoms with Gasteiger partial charge < -0.3 is 14.1 Å². The quantitative estimate of drug-likeness (QED) is 0.675. The van der Waals surface area contributed by atoms with Crippen LogP contribution in [0.3, 0.4) is 0 Å². The lowest BCUT2D eigenvalue weighted by Crippen LogP contribution is -2.72. The van der Waals surface area contributed by atoms with E-state index in [1.165, 1.54) is 25.9 Å². The summed E-state index contributed by atoms with van der Waals surface area (Å²) in [6.07, 6.45) is -0.698. The molecule has 164 valence electrons. The van der Waals surface area contributed by atoms with E-state index in [9.17, 15) is 14.4 Å². The van der Waals surface area contributed by atoms with E-state index in [1.54, 1.807) is 24.1 Å². The lowest BCUT2D eigenvalue weighted by Gasteiger charge is -2.50. The van der Waals surface area contributed by atoms with Gasteiger partial charge in [-0.1, -0.05) is 30.3 Å². The van der Waals surface area contributed by atoms with Crippen molar-refractivity contribution in [2.45, 2.75) is 23.5 Å². The molecule has 4 unspecified atom stereocenters. The van der Waals surface area contributed by atoms with Gasteiger partial charge in [-0.25, -0.2) is 9.59 Å². The van der Waals surface area contributed by atoms with E-state index in [4.69, 9.17) is 4.42 Å². The van der Waals surface area contributed by atoms with Crippen LogP contribution < -0.4 is 10.6 Å². The van der Waals surface area contributed by atoms with E-state index >= 15 is 0 Å². The molecular formula is C21H24N4O5S. The van der Waals surface area contributed by atoms with Crippen LogP contribution in [0, 0.1) is 5.92 Å². The van der Waals surface area contributed by atoms with Crippen molar-refractivity contribution in [3.63, 3.8) is 0 Å². The molecule has 2 aliphatic rings. The van der Waals surface area contributed by atoms with Gasteiger partial charge in [-0.2, -0.15) is 0 Å². The Morgan fingerprint density at radius 1 is 1.13 bits per heavy atom. The Bertz CT molecular complexity index is 981. The van der Waals surface area contributed by atoms with Crippen LogP contribution in [-0.2, 0) is 15.3 Å². The van der Waals surface area contributed by atoms with Crippen molar-refractivity contribution in [2.75, 3.05) is 21.2 Å². The smallest absolute Gasteiger partial charge is 0.373 e. The third kappa shape index (κ3) is 4.06. The number of hydrogen-bond donors (Lipinski definition) is 2. The normalized spacial score (nSPS) is 26.0. The van der Waals surface area contributed by atoms with Crippen LogP contribution in [0.5, 0.6) is 0 Å². The van der Waals surface area contributed by atoms with Crippen molar-refractivity contribution in [1.29, 1.82) is 0 Å². The molecule has 3 heterocycles. The van der Waals surface area contributed by atoms with E-state index < -0.39 is 18.1 Å². The molecule has 9 nitrogen and oxygen atoms in total. The molecule has 2 aliphatic heterocycles. The van der Waals surface area contributed by atoms with Gasteiger partial charge in [-0.15, -0.1) is 11.8 Å². The first-order valence-electron chi connectivity index (χ1n) is 9.80. The maximum Gasteiger partial charge on any atom is 0.373 e. The first-order chi connectivity index (χ1) is 14.9. The molecular weight excluding hydrogens is 420 g/mol. The minimum atomic E-state index is -0.537. The second-order valence-corrected chi connectivity index (χ2v) is 8.56. The van der Waals surface area contributed by atoms with Crippen molar-refractivity contribution in [3.8, 4) is 0 Å². The minimum Gasteiger partial charge on any atom is -0.463 e. The Labute approximate surface area is 184 Å². The summed E-state index contributed by atoms with van der Waals surface area (Å²) < 4.78 is 10.2. The van der Waals surface area contributed by atoms with Crippen molar-refractivity contribution in [3.05, 3.63) is 59.5 Å². The van der Waals surface area contributed by atoms with Gasteiger partial charge in [0.1, 0.15) is 5.76 Å². The molecule has 2 fully saturated rings. The standard InChI is InChI=1S/C21H24N4O5S/c1-24-17-15(19(26)25(2)21(24)28)18(23-16(22-17)12-7-5-4-6-8-12)31-11-13-9-10-14(30-13)20(27)29-3/h4-10,15-18,22-23H,11H2,1-3H3. The van der Waals surface area contributed by atoms with Crippen LogP contribution in [0.4, 0.5) is 4.79 Å². The third-order valence-corrected chi connectivity index (χ3v) is 6.78. The summed E-state index contributed by atoms with van der Waals surface area (Å²) in [6.45, 7) is 0. The fourth-order valence-electron chi connectivity index (χ4n) is 3.87. The summed E-state index contributed by atoms with van der Waals surface area (Å²) in [5.74, 6) is -0.104. The minimum absolute atomic E-state index is 0.134. The zero-order valence-corrected chi connectivity index (χ0v) is 18.2. The van der Waals surface area contributed by atoms with E-state index in [0.29, 0.717) is 11.5 Å². The average molecular weight is 445 g/mol. The predicted octanol–water partition coefficient (Wildman–Crippen LogP) is 1.98. The summed E-state index contributed by atoms with van der Waals surface area (Å²) in [4.78, 5) is 39.9. The highest BCUT2D eigenvalue weighted by Crippen LogP contribution is 2.35. The number of fused-ring (bicyclic) bond motifs is 1. The van der Waals surface area contributed by atoms with Crippen molar-refractivity contribution in [1.82, 2.24) is 20.4 Å². The fraction of sp³-hybridized carbons (Fsp3) is 0.381. The number of imide groups is 1. The second-order valence-electron chi connectivity index (χ2n) is 7.43. The summed E-state index contributed by atoms with van der Waals surface area (Å²) in [5, 5.41) is 6.61. The Kier molecular flexibility index (Phi) is 6.03. The number of carbonyl (C=O) groups is 3. The number of urea groups is 1. The number of benzene rings is 1. The van der Waals surface area contributed by atoms with Crippen LogP contribution in [0.1, 0.15) is 28.0 Å². The lowest BCUT2D eigenvalue weighted by molar-refractivity contribution is -0.140. The molecule has 10 heteroatoms. The Hall–Kier alpha value is -2.82. The van der Waals surface area contributed by atoms with Crippen LogP contribution in [-0.4, -0.2) is 60.5 Å². The SMILES string of the molecule is COC(=O)c1ccc(CSC2NC(c3ccccc3)NC3C2C(=O)N(C)C(=O)N3C)o1. The molecule has 3 amide bonds. The zero-order chi connectivity index (χ0) is 22.1. The van der Waals surface area contributed by atoms with Crippen molar-refractivity contribution < 1.29 is 23.5 Å². The van der Waals surface area contributed by atoms with Gasteiger partial charge in [-0.05, 0) is 17.7 Å².